The maximum Gasteiger partial charge on any atom is 0.237 e. The normalized spacial score (nSPS) is 14.6. The molecule has 1 fully saturated rings. The smallest absolute Gasteiger partial charge is 0.237 e. The average Bonchev–Trinajstić information content (AvgIpc) is 3.47. The van der Waals surface area contributed by atoms with E-state index in [2.05, 4.69) is 32.2 Å². The fourth-order valence-electron chi connectivity index (χ4n) is 2.95. The van der Waals surface area contributed by atoms with Gasteiger partial charge in [0.2, 0.25) is 5.91 Å². The molecule has 0 aliphatic heterocycles. The summed E-state index contributed by atoms with van der Waals surface area (Å²) in [6.07, 6.45) is 2.25. The number of rotatable bonds is 7. The van der Waals surface area contributed by atoms with Crippen LogP contribution in [-0.4, -0.2) is 25.9 Å². The minimum absolute atomic E-state index is 0.185. The second kappa shape index (κ2) is 8.14. The number of thioether (sulfide) groups is 1. The van der Waals surface area contributed by atoms with E-state index in [9.17, 15) is 9.18 Å². The van der Waals surface area contributed by atoms with E-state index in [0.29, 0.717) is 17.6 Å². The van der Waals surface area contributed by atoms with Gasteiger partial charge in [-0.05, 0) is 37.5 Å². The van der Waals surface area contributed by atoms with Crippen LogP contribution in [0.3, 0.4) is 0 Å². The molecular formula is C21H21FN4OS. The van der Waals surface area contributed by atoms with Gasteiger partial charge in [-0.25, -0.2) is 4.39 Å². The van der Waals surface area contributed by atoms with Crippen LogP contribution in [0.4, 0.5) is 10.1 Å². The van der Waals surface area contributed by atoms with Gasteiger partial charge in [0.15, 0.2) is 5.16 Å². The molecule has 1 aliphatic carbocycles. The molecule has 0 bridgehead atoms. The monoisotopic (exact) mass is 396 g/mol. The van der Waals surface area contributed by atoms with Crippen LogP contribution < -0.4 is 5.32 Å². The van der Waals surface area contributed by atoms with Gasteiger partial charge in [0.25, 0.3) is 0 Å². The summed E-state index contributed by atoms with van der Waals surface area (Å²) in [4.78, 5) is 12.5. The second-order valence-corrected chi connectivity index (χ2v) is 8.22. The number of benzene rings is 2. The molecule has 1 atom stereocenters. The largest absolute Gasteiger partial charge is 0.323 e. The van der Waals surface area contributed by atoms with Gasteiger partial charge in [-0.3, -0.25) is 4.79 Å². The highest BCUT2D eigenvalue weighted by Crippen LogP contribution is 2.40. The van der Waals surface area contributed by atoms with Gasteiger partial charge in [0.1, 0.15) is 11.6 Å². The Hall–Kier alpha value is -2.67. The van der Waals surface area contributed by atoms with Crippen LogP contribution in [0.15, 0.2) is 59.8 Å². The number of amides is 1. The first kappa shape index (κ1) is 18.7. The first-order valence-corrected chi connectivity index (χ1v) is 10.2. The van der Waals surface area contributed by atoms with E-state index in [4.69, 9.17) is 0 Å². The molecule has 1 heterocycles. The molecule has 0 spiro atoms. The number of aromatic nitrogens is 3. The first-order valence-electron chi connectivity index (χ1n) is 9.31. The quantitative estimate of drug-likeness (QED) is 0.599. The molecule has 0 radical (unpaired) electrons. The molecule has 1 unspecified atom stereocenters. The van der Waals surface area contributed by atoms with Gasteiger partial charge >= 0.3 is 0 Å². The predicted molar refractivity (Wildman–Crippen MR) is 108 cm³/mol. The number of anilines is 1. The van der Waals surface area contributed by atoms with Crippen molar-refractivity contribution < 1.29 is 9.18 Å². The molecule has 1 amide bonds. The molecule has 1 aromatic heterocycles. The lowest BCUT2D eigenvalue weighted by Gasteiger charge is -2.14. The Morgan fingerprint density at radius 2 is 1.89 bits per heavy atom. The van der Waals surface area contributed by atoms with E-state index in [0.717, 1.165) is 24.2 Å². The summed E-state index contributed by atoms with van der Waals surface area (Å²) in [5.41, 5.74) is 1.35. The van der Waals surface area contributed by atoms with Gasteiger partial charge in [-0.1, -0.05) is 54.2 Å². The molecule has 4 rings (SSSR count). The van der Waals surface area contributed by atoms with Crippen molar-refractivity contribution in [3.8, 4) is 0 Å². The summed E-state index contributed by atoms with van der Waals surface area (Å²) >= 11 is 1.34. The Morgan fingerprint density at radius 1 is 1.18 bits per heavy atom. The van der Waals surface area contributed by atoms with Crippen LogP contribution in [0.2, 0.25) is 0 Å². The standard InChI is InChI=1S/C21H21FN4OS/c1-14(20(27)23-18-10-6-5-9-17(18)22)28-21-25-24-19(16-11-12-16)26(21)13-15-7-3-2-4-8-15/h2-10,14,16H,11-13H2,1H3,(H,23,27). The maximum atomic E-state index is 13.8. The Labute approximate surface area is 167 Å². The Kier molecular flexibility index (Phi) is 5.43. The van der Waals surface area contributed by atoms with E-state index in [-0.39, 0.29) is 11.6 Å². The molecule has 2 aromatic carbocycles. The molecule has 0 saturated heterocycles. The summed E-state index contributed by atoms with van der Waals surface area (Å²) in [6, 6.07) is 16.3. The topological polar surface area (TPSA) is 59.8 Å². The van der Waals surface area contributed by atoms with Crippen molar-refractivity contribution in [2.24, 2.45) is 0 Å². The number of hydrogen-bond acceptors (Lipinski definition) is 4. The molecule has 28 heavy (non-hydrogen) atoms. The third kappa shape index (κ3) is 4.25. The molecule has 1 N–H and O–H groups in total. The van der Waals surface area contributed by atoms with Crippen LogP contribution >= 0.6 is 11.8 Å². The molecule has 3 aromatic rings. The van der Waals surface area contributed by atoms with Crippen molar-refractivity contribution in [1.82, 2.24) is 14.8 Å². The van der Waals surface area contributed by atoms with Crippen LogP contribution in [-0.2, 0) is 11.3 Å². The highest BCUT2D eigenvalue weighted by molar-refractivity contribution is 8.00. The van der Waals surface area contributed by atoms with Crippen LogP contribution in [0.25, 0.3) is 0 Å². The Balaban J connectivity index is 1.51. The zero-order valence-electron chi connectivity index (χ0n) is 15.5. The van der Waals surface area contributed by atoms with Crippen molar-refractivity contribution in [1.29, 1.82) is 0 Å². The van der Waals surface area contributed by atoms with Gasteiger partial charge in [-0.15, -0.1) is 10.2 Å². The van der Waals surface area contributed by atoms with Crippen molar-refractivity contribution in [2.45, 2.75) is 42.6 Å². The molecular weight excluding hydrogens is 375 g/mol. The summed E-state index contributed by atoms with van der Waals surface area (Å²) in [5, 5.41) is 11.6. The van der Waals surface area contributed by atoms with Crippen LogP contribution in [0, 0.1) is 5.82 Å². The number of carbonyl (C=O) groups is 1. The summed E-state index contributed by atoms with van der Waals surface area (Å²) in [5.74, 6) is 0.717. The fraction of sp³-hybridized carbons (Fsp3) is 0.286. The van der Waals surface area contributed by atoms with Crippen molar-refractivity contribution in [2.75, 3.05) is 5.32 Å². The number of nitrogens with one attached hydrogen (secondary N) is 1. The first-order chi connectivity index (χ1) is 13.6. The zero-order valence-corrected chi connectivity index (χ0v) is 16.3. The van der Waals surface area contributed by atoms with Crippen LogP contribution in [0.1, 0.15) is 37.1 Å². The zero-order chi connectivity index (χ0) is 19.5. The van der Waals surface area contributed by atoms with Crippen molar-refractivity contribution in [3.05, 3.63) is 71.8 Å². The number of nitrogens with zero attached hydrogens (tertiary/aromatic N) is 3. The minimum atomic E-state index is -0.448. The maximum absolute atomic E-state index is 13.8. The van der Waals surface area contributed by atoms with E-state index in [1.165, 1.54) is 17.8 Å². The van der Waals surface area contributed by atoms with Crippen LogP contribution in [0.5, 0.6) is 0 Å². The lowest BCUT2D eigenvalue weighted by Crippen LogP contribution is -2.23. The summed E-state index contributed by atoms with van der Waals surface area (Å²) < 4.78 is 15.9. The summed E-state index contributed by atoms with van der Waals surface area (Å²) in [6.45, 7) is 2.46. The van der Waals surface area contributed by atoms with Gasteiger partial charge < -0.3 is 9.88 Å². The average molecular weight is 396 g/mol. The van der Waals surface area contributed by atoms with E-state index >= 15 is 0 Å². The fourth-order valence-corrected chi connectivity index (χ4v) is 3.81. The number of hydrogen-bond donors (Lipinski definition) is 1. The van der Waals surface area contributed by atoms with Gasteiger partial charge in [0.05, 0.1) is 17.5 Å². The second-order valence-electron chi connectivity index (χ2n) is 6.92. The number of para-hydroxylation sites is 1. The molecule has 7 heteroatoms. The van der Waals surface area contributed by atoms with E-state index < -0.39 is 11.1 Å². The van der Waals surface area contributed by atoms with Gasteiger partial charge in [0, 0.05) is 5.92 Å². The Morgan fingerprint density at radius 3 is 2.61 bits per heavy atom. The highest BCUT2D eigenvalue weighted by Gasteiger charge is 2.31. The predicted octanol–water partition coefficient (Wildman–Crippen LogP) is 4.46. The molecule has 1 saturated carbocycles. The van der Waals surface area contributed by atoms with Crippen molar-refractivity contribution in [3.63, 3.8) is 0 Å². The highest BCUT2D eigenvalue weighted by atomic mass is 32.2. The minimum Gasteiger partial charge on any atom is -0.323 e. The Bertz CT molecular complexity index is 972. The van der Waals surface area contributed by atoms with Gasteiger partial charge in [-0.2, -0.15) is 0 Å². The number of carbonyl (C=O) groups excluding carboxylic acids is 1. The lowest BCUT2D eigenvalue weighted by atomic mass is 10.2. The SMILES string of the molecule is CC(Sc1nnc(C2CC2)n1Cc1ccccc1)C(=O)Nc1ccccc1F. The third-order valence-electron chi connectivity index (χ3n) is 4.65. The lowest BCUT2D eigenvalue weighted by molar-refractivity contribution is -0.115. The van der Waals surface area contributed by atoms with Crippen molar-refractivity contribution >= 4 is 23.4 Å². The van der Waals surface area contributed by atoms with E-state index in [1.807, 2.05) is 18.2 Å². The van der Waals surface area contributed by atoms with E-state index in [1.54, 1.807) is 25.1 Å². The molecule has 144 valence electrons. The number of halogens is 1. The molecule has 5 nitrogen and oxygen atoms in total. The molecule has 1 aliphatic rings. The third-order valence-corrected chi connectivity index (χ3v) is 5.74. The summed E-state index contributed by atoms with van der Waals surface area (Å²) in [7, 11) is 0.